The normalized spacial score (nSPS) is 14.7. The second-order valence-electron chi connectivity index (χ2n) is 6.77. The van der Waals surface area contributed by atoms with Gasteiger partial charge in [-0.3, -0.25) is 9.78 Å². The van der Waals surface area contributed by atoms with Crippen LogP contribution in [0.4, 0.5) is 15.9 Å². The molecule has 1 aliphatic heterocycles. The molecule has 7 heteroatoms. The van der Waals surface area contributed by atoms with Crippen molar-refractivity contribution in [2.75, 3.05) is 23.3 Å². The third-order valence-corrected chi connectivity index (χ3v) is 4.93. The van der Waals surface area contributed by atoms with Crippen molar-refractivity contribution in [3.05, 3.63) is 66.7 Å². The van der Waals surface area contributed by atoms with E-state index in [4.69, 9.17) is 0 Å². The second kappa shape index (κ2) is 8.12. The molecule has 3 heterocycles. The first kappa shape index (κ1) is 18.0. The molecule has 6 nitrogen and oxygen atoms in total. The van der Waals surface area contributed by atoms with Crippen LogP contribution >= 0.6 is 0 Å². The molecule has 0 aliphatic carbocycles. The lowest BCUT2D eigenvalue weighted by atomic mass is 9.96. The molecule has 4 rings (SSSR count). The average molecular weight is 377 g/mol. The topological polar surface area (TPSA) is 71.0 Å². The van der Waals surface area contributed by atoms with Crippen molar-refractivity contribution in [3.8, 4) is 11.3 Å². The highest BCUT2D eigenvalue weighted by atomic mass is 19.1. The van der Waals surface area contributed by atoms with E-state index in [0.717, 1.165) is 43.0 Å². The summed E-state index contributed by atoms with van der Waals surface area (Å²) in [6.45, 7) is 1.50. The molecule has 1 amide bonds. The Balaban J connectivity index is 1.34. The van der Waals surface area contributed by atoms with Crippen LogP contribution in [-0.4, -0.2) is 34.2 Å². The monoisotopic (exact) mass is 377 g/mol. The molecule has 0 radical (unpaired) electrons. The van der Waals surface area contributed by atoms with Gasteiger partial charge in [0, 0.05) is 42.7 Å². The molecular formula is C21H20FN5O. The van der Waals surface area contributed by atoms with Gasteiger partial charge in [0.2, 0.25) is 5.91 Å². The van der Waals surface area contributed by atoms with Crippen molar-refractivity contribution >= 4 is 17.4 Å². The minimum atomic E-state index is -0.274. The molecule has 1 saturated heterocycles. The van der Waals surface area contributed by atoms with Crippen molar-refractivity contribution < 1.29 is 9.18 Å². The van der Waals surface area contributed by atoms with Gasteiger partial charge in [-0.1, -0.05) is 0 Å². The molecule has 3 aromatic rings. The van der Waals surface area contributed by atoms with Gasteiger partial charge >= 0.3 is 0 Å². The van der Waals surface area contributed by atoms with E-state index in [1.54, 1.807) is 36.7 Å². The number of nitrogens with zero attached hydrogens (tertiary/aromatic N) is 4. The number of nitrogens with one attached hydrogen (secondary N) is 1. The molecule has 0 unspecified atom stereocenters. The number of pyridine rings is 1. The highest BCUT2D eigenvalue weighted by molar-refractivity contribution is 5.92. The molecule has 142 valence electrons. The fourth-order valence-corrected chi connectivity index (χ4v) is 3.32. The quantitative estimate of drug-likeness (QED) is 0.753. The summed E-state index contributed by atoms with van der Waals surface area (Å²) in [5, 5.41) is 11.5. The van der Waals surface area contributed by atoms with Crippen LogP contribution in [0.3, 0.4) is 0 Å². The molecule has 1 aliphatic rings. The molecule has 1 fully saturated rings. The molecule has 0 bridgehead atoms. The summed E-state index contributed by atoms with van der Waals surface area (Å²) in [4.78, 5) is 18.5. The van der Waals surface area contributed by atoms with Crippen LogP contribution in [0, 0.1) is 11.7 Å². The minimum absolute atomic E-state index is 0.0177. The Morgan fingerprint density at radius 1 is 0.964 bits per heavy atom. The van der Waals surface area contributed by atoms with Crippen molar-refractivity contribution in [1.29, 1.82) is 0 Å². The van der Waals surface area contributed by atoms with Crippen LogP contribution < -0.4 is 10.2 Å². The summed E-state index contributed by atoms with van der Waals surface area (Å²) in [6.07, 6.45) is 4.84. The van der Waals surface area contributed by atoms with E-state index in [9.17, 15) is 9.18 Å². The minimum Gasteiger partial charge on any atom is -0.355 e. The van der Waals surface area contributed by atoms with E-state index in [1.807, 2.05) is 12.1 Å². The lowest BCUT2D eigenvalue weighted by Crippen LogP contribution is -2.38. The zero-order valence-corrected chi connectivity index (χ0v) is 15.3. The molecule has 0 spiro atoms. The maximum atomic E-state index is 13.0. The second-order valence-corrected chi connectivity index (χ2v) is 6.77. The van der Waals surface area contributed by atoms with Crippen LogP contribution in [-0.2, 0) is 4.79 Å². The molecule has 0 saturated carbocycles. The van der Waals surface area contributed by atoms with Crippen LogP contribution in [0.25, 0.3) is 11.3 Å². The summed E-state index contributed by atoms with van der Waals surface area (Å²) in [5.41, 5.74) is 2.30. The van der Waals surface area contributed by atoms with Gasteiger partial charge in [0.15, 0.2) is 5.82 Å². The highest BCUT2D eigenvalue weighted by Gasteiger charge is 2.25. The van der Waals surface area contributed by atoms with Gasteiger partial charge in [-0.05, 0) is 61.4 Å². The smallest absolute Gasteiger partial charge is 0.227 e. The van der Waals surface area contributed by atoms with Gasteiger partial charge < -0.3 is 10.2 Å². The third-order valence-electron chi connectivity index (χ3n) is 4.93. The Morgan fingerprint density at radius 3 is 2.32 bits per heavy atom. The number of rotatable bonds is 4. The fraction of sp³-hybridized carbons (Fsp3) is 0.238. The zero-order valence-electron chi connectivity index (χ0n) is 15.3. The van der Waals surface area contributed by atoms with Crippen molar-refractivity contribution in [3.63, 3.8) is 0 Å². The van der Waals surface area contributed by atoms with Crippen molar-refractivity contribution in [2.45, 2.75) is 12.8 Å². The number of amides is 1. The standard InChI is InChI=1S/C21H20FN5O/c22-17-3-1-15(2-4-17)19-5-6-20(26-25-19)27-13-9-16(10-14-27)21(28)24-18-7-11-23-12-8-18/h1-8,11-12,16H,9-10,13-14H2,(H,23,24,28). The molecule has 1 aromatic carbocycles. The number of piperidine rings is 1. The van der Waals surface area contributed by atoms with Gasteiger partial charge in [-0.2, -0.15) is 0 Å². The van der Waals surface area contributed by atoms with Crippen molar-refractivity contribution in [2.24, 2.45) is 5.92 Å². The Hall–Kier alpha value is -3.35. The lowest BCUT2D eigenvalue weighted by molar-refractivity contribution is -0.120. The van der Waals surface area contributed by atoms with E-state index in [0.29, 0.717) is 5.69 Å². The number of aromatic nitrogens is 3. The van der Waals surface area contributed by atoms with Crippen LogP contribution in [0.2, 0.25) is 0 Å². The number of benzene rings is 1. The number of anilines is 2. The first-order chi connectivity index (χ1) is 13.7. The SMILES string of the molecule is O=C(Nc1ccncc1)C1CCN(c2ccc(-c3ccc(F)cc3)nn2)CC1. The maximum Gasteiger partial charge on any atom is 0.227 e. The van der Waals surface area contributed by atoms with Gasteiger partial charge in [0.05, 0.1) is 5.69 Å². The zero-order chi connectivity index (χ0) is 19.3. The Kier molecular flexibility index (Phi) is 5.23. The number of carbonyl (C=O) groups excluding carboxylic acids is 1. The van der Waals surface area contributed by atoms with E-state index >= 15 is 0 Å². The summed E-state index contributed by atoms with van der Waals surface area (Å²) < 4.78 is 13.0. The van der Waals surface area contributed by atoms with Crippen LogP contribution in [0.15, 0.2) is 60.9 Å². The number of hydrogen-bond acceptors (Lipinski definition) is 5. The van der Waals surface area contributed by atoms with Gasteiger partial charge in [-0.25, -0.2) is 4.39 Å². The van der Waals surface area contributed by atoms with Gasteiger partial charge in [0.1, 0.15) is 5.82 Å². The molecule has 0 atom stereocenters. The van der Waals surface area contributed by atoms with Gasteiger partial charge in [-0.15, -0.1) is 10.2 Å². The van der Waals surface area contributed by atoms with E-state index in [1.165, 1.54) is 12.1 Å². The number of halogens is 1. The third kappa shape index (κ3) is 4.14. The summed E-state index contributed by atoms with van der Waals surface area (Å²) in [7, 11) is 0. The summed E-state index contributed by atoms with van der Waals surface area (Å²) in [6, 6.07) is 13.6. The molecule has 28 heavy (non-hydrogen) atoms. The lowest BCUT2D eigenvalue weighted by Gasteiger charge is -2.31. The van der Waals surface area contributed by atoms with E-state index < -0.39 is 0 Å². The Morgan fingerprint density at radius 2 is 1.68 bits per heavy atom. The molecule has 2 aromatic heterocycles. The largest absolute Gasteiger partial charge is 0.355 e. The average Bonchev–Trinajstić information content (AvgIpc) is 2.75. The first-order valence-electron chi connectivity index (χ1n) is 9.24. The predicted molar refractivity (Wildman–Crippen MR) is 105 cm³/mol. The molecular weight excluding hydrogens is 357 g/mol. The predicted octanol–water partition coefficient (Wildman–Crippen LogP) is 3.53. The Labute approximate surface area is 162 Å². The molecule has 1 N–H and O–H groups in total. The summed E-state index contributed by atoms with van der Waals surface area (Å²) >= 11 is 0. The number of hydrogen-bond donors (Lipinski definition) is 1. The van der Waals surface area contributed by atoms with Crippen LogP contribution in [0.5, 0.6) is 0 Å². The first-order valence-corrected chi connectivity index (χ1v) is 9.24. The van der Waals surface area contributed by atoms with Crippen LogP contribution in [0.1, 0.15) is 12.8 Å². The summed E-state index contributed by atoms with van der Waals surface area (Å²) in [5.74, 6) is 0.544. The highest BCUT2D eigenvalue weighted by Crippen LogP contribution is 2.24. The fourth-order valence-electron chi connectivity index (χ4n) is 3.32. The Bertz CT molecular complexity index is 923. The number of carbonyl (C=O) groups is 1. The van der Waals surface area contributed by atoms with E-state index in [2.05, 4.69) is 25.4 Å². The van der Waals surface area contributed by atoms with Gasteiger partial charge in [0.25, 0.3) is 0 Å². The van der Waals surface area contributed by atoms with Crippen molar-refractivity contribution in [1.82, 2.24) is 15.2 Å². The van der Waals surface area contributed by atoms with E-state index in [-0.39, 0.29) is 17.6 Å². The maximum absolute atomic E-state index is 13.0.